The van der Waals surface area contributed by atoms with Crippen molar-refractivity contribution < 1.29 is 27.2 Å². The molecule has 0 aromatic heterocycles. The summed E-state index contributed by atoms with van der Waals surface area (Å²) in [6.07, 6.45) is -3.84. The van der Waals surface area contributed by atoms with Crippen LogP contribution in [0.25, 0.3) is 0 Å². The lowest BCUT2D eigenvalue weighted by Gasteiger charge is -2.33. The fourth-order valence-electron chi connectivity index (χ4n) is 3.40. The Morgan fingerprint density at radius 2 is 1.70 bits per heavy atom. The second-order valence-corrected chi connectivity index (χ2v) is 7.10. The molecule has 0 saturated carbocycles. The summed E-state index contributed by atoms with van der Waals surface area (Å²) < 4.78 is 52.9. The minimum Gasteiger partial charge on any atom is -0.338 e. The molecule has 2 aromatic carbocycles. The third-order valence-corrected chi connectivity index (χ3v) is 5.06. The van der Waals surface area contributed by atoms with Gasteiger partial charge in [-0.3, -0.25) is 9.69 Å². The summed E-state index contributed by atoms with van der Waals surface area (Å²) >= 11 is 0. The lowest BCUT2D eigenvalue weighted by Crippen LogP contribution is -2.49. The highest BCUT2D eigenvalue weighted by molar-refractivity contribution is 5.94. The van der Waals surface area contributed by atoms with Crippen LogP contribution in [0.4, 0.5) is 28.0 Å². The molecule has 3 amide bonds. The van der Waals surface area contributed by atoms with Gasteiger partial charge in [0.05, 0.1) is 11.3 Å². The van der Waals surface area contributed by atoms with Crippen molar-refractivity contribution in [1.29, 1.82) is 0 Å². The highest BCUT2D eigenvalue weighted by atomic mass is 19.4. The van der Waals surface area contributed by atoms with E-state index in [-0.39, 0.29) is 11.9 Å². The number of amides is 3. The van der Waals surface area contributed by atoms with Crippen LogP contribution in [0.15, 0.2) is 48.5 Å². The third-order valence-electron chi connectivity index (χ3n) is 5.06. The van der Waals surface area contributed by atoms with Gasteiger partial charge < -0.3 is 10.2 Å². The zero-order valence-electron chi connectivity index (χ0n) is 16.2. The zero-order chi connectivity index (χ0) is 21.9. The van der Waals surface area contributed by atoms with Crippen LogP contribution < -0.4 is 10.2 Å². The molecule has 1 saturated heterocycles. The molecule has 0 bridgehead atoms. The van der Waals surface area contributed by atoms with E-state index in [0.717, 1.165) is 17.0 Å². The summed E-state index contributed by atoms with van der Waals surface area (Å²) in [6.45, 7) is 0.847. The first-order chi connectivity index (χ1) is 14.2. The van der Waals surface area contributed by atoms with Crippen LogP contribution in [-0.2, 0) is 6.18 Å². The molecule has 1 aliphatic rings. The van der Waals surface area contributed by atoms with E-state index < -0.39 is 29.3 Å². The molecule has 1 heterocycles. The molecule has 1 fully saturated rings. The van der Waals surface area contributed by atoms with Crippen molar-refractivity contribution in [2.45, 2.75) is 25.1 Å². The van der Waals surface area contributed by atoms with Gasteiger partial charge in [0.15, 0.2) is 0 Å². The van der Waals surface area contributed by atoms with Gasteiger partial charge in [0.2, 0.25) is 0 Å². The number of carbonyl (C=O) groups is 2. The fourth-order valence-corrected chi connectivity index (χ4v) is 3.40. The number of nitrogens with one attached hydrogen (secondary N) is 1. The molecule has 30 heavy (non-hydrogen) atoms. The van der Waals surface area contributed by atoms with Crippen LogP contribution in [-0.4, -0.2) is 43.0 Å². The van der Waals surface area contributed by atoms with E-state index in [1.807, 2.05) is 6.07 Å². The average molecular weight is 423 g/mol. The number of alkyl halides is 3. The lowest BCUT2D eigenvalue weighted by molar-refractivity contribution is -0.137. The second kappa shape index (κ2) is 8.73. The SMILES string of the molecule is CN(C(=O)NC1CCN(C(=O)c2ccccc2)CC1)c1ccc(F)cc1C(F)(F)F. The Morgan fingerprint density at radius 1 is 1.07 bits per heavy atom. The fraction of sp³-hybridized carbons (Fsp3) is 0.333. The smallest absolute Gasteiger partial charge is 0.338 e. The molecule has 0 spiro atoms. The molecule has 1 N–H and O–H groups in total. The van der Waals surface area contributed by atoms with E-state index in [9.17, 15) is 27.2 Å². The van der Waals surface area contributed by atoms with E-state index in [1.54, 1.807) is 29.2 Å². The zero-order valence-corrected chi connectivity index (χ0v) is 16.2. The Hall–Kier alpha value is -3.10. The van der Waals surface area contributed by atoms with Crippen molar-refractivity contribution in [1.82, 2.24) is 10.2 Å². The minimum atomic E-state index is -4.80. The summed E-state index contributed by atoms with van der Waals surface area (Å²) in [6, 6.07) is 10.0. The van der Waals surface area contributed by atoms with Gasteiger partial charge in [0, 0.05) is 31.7 Å². The van der Waals surface area contributed by atoms with E-state index in [0.29, 0.717) is 37.6 Å². The van der Waals surface area contributed by atoms with Gasteiger partial charge in [-0.2, -0.15) is 13.2 Å². The van der Waals surface area contributed by atoms with Gasteiger partial charge in [0.1, 0.15) is 5.82 Å². The normalized spacial score (nSPS) is 15.0. The largest absolute Gasteiger partial charge is 0.418 e. The highest BCUT2D eigenvalue weighted by Gasteiger charge is 2.36. The molecule has 1 aliphatic heterocycles. The first-order valence-electron chi connectivity index (χ1n) is 9.42. The molecule has 3 rings (SSSR count). The molecule has 9 heteroatoms. The number of nitrogens with zero attached hydrogens (tertiary/aromatic N) is 2. The molecule has 160 valence electrons. The van der Waals surface area contributed by atoms with Crippen molar-refractivity contribution in [3.63, 3.8) is 0 Å². The molecular weight excluding hydrogens is 402 g/mol. The number of benzene rings is 2. The number of urea groups is 1. The number of likely N-dealkylation sites (tertiary alicyclic amines) is 1. The van der Waals surface area contributed by atoms with Gasteiger partial charge in [-0.25, -0.2) is 9.18 Å². The second-order valence-electron chi connectivity index (χ2n) is 7.10. The molecule has 0 radical (unpaired) electrons. The predicted molar refractivity (Wildman–Crippen MR) is 104 cm³/mol. The molecule has 0 unspecified atom stereocenters. The Bertz CT molecular complexity index is 910. The standard InChI is InChI=1S/C21H21F4N3O2/c1-27(18-8-7-15(22)13-17(18)21(23,24)25)20(30)26-16-9-11-28(12-10-16)19(29)14-5-3-2-4-6-14/h2-8,13,16H,9-12H2,1H3,(H,26,30). The summed E-state index contributed by atoms with van der Waals surface area (Å²) in [5.41, 5.74) is -1.07. The van der Waals surface area contributed by atoms with Gasteiger partial charge >= 0.3 is 12.2 Å². The lowest BCUT2D eigenvalue weighted by atomic mass is 10.0. The van der Waals surface area contributed by atoms with Crippen molar-refractivity contribution >= 4 is 17.6 Å². The van der Waals surface area contributed by atoms with E-state index in [4.69, 9.17) is 0 Å². The monoisotopic (exact) mass is 423 g/mol. The molecule has 0 atom stereocenters. The Morgan fingerprint density at radius 3 is 2.30 bits per heavy atom. The topological polar surface area (TPSA) is 52.7 Å². The van der Waals surface area contributed by atoms with Crippen molar-refractivity contribution in [3.8, 4) is 0 Å². The minimum absolute atomic E-state index is 0.0985. The first kappa shape index (κ1) is 21.6. The van der Waals surface area contributed by atoms with Crippen molar-refractivity contribution in [3.05, 3.63) is 65.5 Å². The van der Waals surface area contributed by atoms with Crippen molar-refractivity contribution in [2.75, 3.05) is 25.0 Å². The van der Waals surface area contributed by atoms with Gasteiger partial charge in [-0.15, -0.1) is 0 Å². The molecular formula is C21H21F4N3O2. The van der Waals surface area contributed by atoms with Crippen LogP contribution in [0, 0.1) is 5.82 Å². The summed E-state index contributed by atoms with van der Waals surface area (Å²) in [5, 5.41) is 2.70. The number of anilines is 1. The first-order valence-corrected chi connectivity index (χ1v) is 9.42. The number of hydrogen-bond donors (Lipinski definition) is 1. The van der Waals surface area contributed by atoms with E-state index >= 15 is 0 Å². The summed E-state index contributed by atoms with van der Waals surface area (Å²) in [7, 11) is 1.20. The number of hydrogen-bond acceptors (Lipinski definition) is 2. The maximum absolute atomic E-state index is 13.3. The molecule has 0 aliphatic carbocycles. The maximum Gasteiger partial charge on any atom is 0.418 e. The number of rotatable bonds is 3. The molecule has 5 nitrogen and oxygen atoms in total. The number of halogens is 4. The Balaban J connectivity index is 1.61. The van der Waals surface area contributed by atoms with Gasteiger partial charge in [-0.05, 0) is 43.2 Å². The summed E-state index contributed by atoms with van der Waals surface area (Å²) in [5.74, 6) is -1.13. The van der Waals surface area contributed by atoms with Crippen LogP contribution in [0.2, 0.25) is 0 Å². The van der Waals surface area contributed by atoms with Gasteiger partial charge in [-0.1, -0.05) is 18.2 Å². The number of piperidine rings is 1. The van der Waals surface area contributed by atoms with Crippen molar-refractivity contribution in [2.24, 2.45) is 0 Å². The quantitative estimate of drug-likeness (QED) is 0.749. The van der Waals surface area contributed by atoms with E-state index in [1.165, 1.54) is 7.05 Å². The maximum atomic E-state index is 13.3. The highest BCUT2D eigenvalue weighted by Crippen LogP contribution is 2.36. The Kier molecular flexibility index (Phi) is 6.28. The summed E-state index contributed by atoms with van der Waals surface area (Å²) in [4.78, 5) is 27.5. The van der Waals surface area contributed by atoms with E-state index in [2.05, 4.69) is 5.32 Å². The predicted octanol–water partition coefficient (Wildman–Crippen LogP) is 4.30. The Labute approximate surface area is 171 Å². The van der Waals surface area contributed by atoms with Crippen LogP contribution in [0.3, 0.4) is 0 Å². The van der Waals surface area contributed by atoms with Crippen LogP contribution in [0.1, 0.15) is 28.8 Å². The van der Waals surface area contributed by atoms with Crippen LogP contribution >= 0.6 is 0 Å². The average Bonchev–Trinajstić information content (AvgIpc) is 2.73. The molecule has 2 aromatic rings. The number of carbonyl (C=O) groups excluding carboxylic acids is 2. The third kappa shape index (κ3) is 4.90. The van der Waals surface area contributed by atoms with Gasteiger partial charge in [0.25, 0.3) is 5.91 Å². The van der Waals surface area contributed by atoms with Crippen LogP contribution in [0.5, 0.6) is 0 Å².